The minimum atomic E-state index is -0.180. The summed E-state index contributed by atoms with van der Waals surface area (Å²) in [6, 6.07) is 0. The predicted octanol–water partition coefficient (Wildman–Crippen LogP) is 2.46. The lowest BCUT2D eigenvalue weighted by Gasteiger charge is -2.20. The summed E-state index contributed by atoms with van der Waals surface area (Å²) in [6.45, 7) is 5.97. The van der Waals surface area contributed by atoms with Crippen LogP contribution in [-0.2, 0) is 9.53 Å². The molecule has 0 unspecified atom stereocenters. The Kier molecular flexibility index (Phi) is 3.29. The van der Waals surface area contributed by atoms with E-state index in [0.717, 1.165) is 24.8 Å². The molecule has 0 aliphatic heterocycles. The molecule has 0 fully saturated rings. The Bertz CT molecular complexity index is 251. The van der Waals surface area contributed by atoms with Gasteiger partial charge in [-0.25, -0.2) is 4.79 Å². The molecule has 0 spiro atoms. The summed E-state index contributed by atoms with van der Waals surface area (Å²) in [5.41, 5.74) is 2.03. The lowest BCUT2D eigenvalue weighted by atomic mass is 9.85. The van der Waals surface area contributed by atoms with Crippen molar-refractivity contribution in [3.8, 4) is 0 Å². The first-order valence-corrected chi connectivity index (χ1v) is 4.58. The molecule has 72 valence electrons. The number of esters is 1. The van der Waals surface area contributed by atoms with Gasteiger partial charge in [0.25, 0.3) is 0 Å². The van der Waals surface area contributed by atoms with Gasteiger partial charge in [-0.05, 0) is 32.1 Å². The minimum absolute atomic E-state index is 0.180. The maximum Gasteiger partial charge on any atom is 0.333 e. The number of carbonyl (C=O) groups excluding carboxylic acids is 1. The van der Waals surface area contributed by atoms with Crippen LogP contribution in [0.1, 0.15) is 26.2 Å². The van der Waals surface area contributed by atoms with Crippen LogP contribution in [0.4, 0.5) is 0 Å². The highest BCUT2D eigenvalue weighted by Gasteiger charge is 2.18. The molecule has 2 heteroatoms. The molecular weight excluding hydrogens is 164 g/mol. The summed E-state index contributed by atoms with van der Waals surface area (Å²) in [5, 5.41) is 0. The maximum atomic E-state index is 11.1. The smallest absolute Gasteiger partial charge is 0.333 e. The van der Waals surface area contributed by atoms with E-state index < -0.39 is 0 Å². The first-order valence-electron chi connectivity index (χ1n) is 4.58. The largest absolute Gasteiger partial charge is 0.466 e. The Morgan fingerprint density at radius 1 is 1.69 bits per heavy atom. The maximum absolute atomic E-state index is 11.1. The molecule has 0 aromatic rings. The summed E-state index contributed by atoms with van der Waals surface area (Å²) in [4.78, 5) is 11.1. The second kappa shape index (κ2) is 4.26. The highest BCUT2D eigenvalue weighted by molar-refractivity contribution is 5.88. The molecule has 0 amide bonds. The summed E-state index contributed by atoms with van der Waals surface area (Å²) >= 11 is 0. The molecule has 0 heterocycles. The van der Waals surface area contributed by atoms with Gasteiger partial charge in [0.2, 0.25) is 0 Å². The normalized spacial score (nSPS) is 22.0. The fourth-order valence-electron chi connectivity index (χ4n) is 1.60. The second-order valence-electron chi connectivity index (χ2n) is 3.54. The van der Waals surface area contributed by atoms with E-state index in [-0.39, 0.29) is 5.97 Å². The zero-order valence-corrected chi connectivity index (χ0v) is 8.30. The fourth-order valence-corrected chi connectivity index (χ4v) is 1.60. The van der Waals surface area contributed by atoms with Crippen molar-refractivity contribution in [3.05, 3.63) is 23.8 Å². The molecule has 0 bridgehead atoms. The van der Waals surface area contributed by atoms with E-state index in [1.165, 1.54) is 12.7 Å². The summed E-state index contributed by atoms with van der Waals surface area (Å²) < 4.78 is 4.66. The van der Waals surface area contributed by atoms with Gasteiger partial charge in [-0.1, -0.05) is 18.2 Å². The molecule has 1 atom stereocenters. The van der Waals surface area contributed by atoms with Crippen LogP contribution in [0.25, 0.3) is 0 Å². The van der Waals surface area contributed by atoms with E-state index in [2.05, 4.69) is 11.3 Å². The number of hydrogen-bond donors (Lipinski definition) is 0. The van der Waals surface area contributed by atoms with Crippen molar-refractivity contribution in [2.75, 3.05) is 7.11 Å². The first-order chi connectivity index (χ1) is 6.15. The van der Waals surface area contributed by atoms with Gasteiger partial charge in [-0.2, -0.15) is 0 Å². The van der Waals surface area contributed by atoms with Gasteiger partial charge in [0.05, 0.1) is 7.11 Å². The van der Waals surface area contributed by atoms with E-state index in [4.69, 9.17) is 0 Å². The van der Waals surface area contributed by atoms with Crippen LogP contribution in [0.15, 0.2) is 23.8 Å². The number of methoxy groups -OCH3 is 1. The molecule has 1 aliphatic rings. The van der Waals surface area contributed by atoms with Crippen molar-refractivity contribution in [1.82, 2.24) is 0 Å². The highest BCUT2D eigenvalue weighted by atomic mass is 16.5. The molecule has 0 saturated heterocycles. The zero-order chi connectivity index (χ0) is 9.84. The quantitative estimate of drug-likeness (QED) is 0.482. The Balaban J connectivity index is 2.57. The summed E-state index contributed by atoms with van der Waals surface area (Å²) in [5.74, 6) is 0.369. The highest BCUT2D eigenvalue weighted by Crippen LogP contribution is 2.28. The van der Waals surface area contributed by atoms with Crippen molar-refractivity contribution < 1.29 is 9.53 Å². The average Bonchev–Trinajstić information content (AvgIpc) is 2.17. The molecule has 1 rings (SSSR count). The molecule has 0 aromatic heterocycles. The average molecular weight is 180 g/mol. The number of allylic oxidation sites excluding steroid dienone is 2. The van der Waals surface area contributed by atoms with Gasteiger partial charge in [0.1, 0.15) is 0 Å². The van der Waals surface area contributed by atoms with Crippen LogP contribution in [0, 0.1) is 5.92 Å². The lowest BCUT2D eigenvalue weighted by molar-refractivity contribution is -0.136. The van der Waals surface area contributed by atoms with Gasteiger partial charge in [0.15, 0.2) is 0 Å². The van der Waals surface area contributed by atoms with Crippen LogP contribution in [0.5, 0.6) is 0 Å². The van der Waals surface area contributed by atoms with E-state index in [9.17, 15) is 4.79 Å². The molecule has 1 aliphatic carbocycles. The van der Waals surface area contributed by atoms with Crippen LogP contribution >= 0.6 is 0 Å². The molecule has 0 aromatic carbocycles. The van der Waals surface area contributed by atoms with Crippen LogP contribution in [0.2, 0.25) is 0 Å². The molecular formula is C11H16O2. The van der Waals surface area contributed by atoms with Crippen molar-refractivity contribution in [2.45, 2.75) is 26.2 Å². The number of carbonyl (C=O) groups is 1. The fraction of sp³-hybridized carbons (Fsp3) is 0.545. The summed E-state index contributed by atoms with van der Waals surface area (Å²) in [6.07, 6.45) is 4.76. The van der Waals surface area contributed by atoms with Crippen molar-refractivity contribution in [2.24, 2.45) is 5.92 Å². The van der Waals surface area contributed by atoms with E-state index in [1.54, 1.807) is 0 Å². The third-order valence-electron chi connectivity index (χ3n) is 2.56. The van der Waals surface area contributed by atoms with Crippen molar-refractivity contribution >= 4 is 5.97 Å². The molecule has 13 heavy (non-hydrogen) atoms. The van der Waals surface area contributed by atoms with E-state index in [1.807, 2.05) is 13.0 Å². The summed E-state index contributed by atoms with van der Waals surface area (Å²) in [7, 11) is 1.42. The number of rotatable bonds is 2. The third-order valence-corrected chi connectivity index (χ3v) is 2.56. The third kappa shape index (κ3) is 2.44. The van der Waals surface area contributed by atoms with Crippen LogP contribution in [0.3, 0.4) is 0 Å². The Morgan fingerprint density at radius 3 is 2.77 bits per heavy atom. The standard InChI is InChI=1S/C11H16O2/c1-8(2)9-4-6-10(7-5-9)11(12)13-3/h6,9H,1,4-5,7H2,2-3H3/t9-/m1/s1. The van der Waals surface area contributed by atoms with Gasteiger partial charge < -0.3 is 4.74 Å². The van der Waals surface area contributed by atoms with E-state index in [0.29, 0.717) is 5.92 Å². The van der Waals surface area contributed by atoms with Crippen molar-refractivity contribution in [3.63, 3.8) is 0 Å². The van der Waals surface area contributed by atoms with Gasteiger partial charge in [-0.15, -0.1) is 0 Å². The number of ether oxygens (including phenoxy) is 1. The van der Waals surface area contributed by atoms with Crippen LogP contribution < -0.4 is 0 Å². The lowest BCUT2D eigenvalue weighted by Crippen LogP contribution is -2.12. The van der Waals surface area contributed by atoms with Gasteiger partial charge in [-0.3, -0.25) is 0 Å². The Labute approximate surface area is 79.3 Å². The second-order valence-corrected chi connectivity index (χ2v) is 3.54. The van der Waals surface area contributed by atoms with Crippen molar-refractivity contribution in [1.29, 1.82) is 0 Å². The van der Waals surface area contributed by atoms with Crippen LogP contribution in [-0.4, -0.2) is 13.1 Å². The van der Waals surface area contributed by atoms with E-state index >= 15 is 0 Å². The number of hydrogen-bond acceptors (Lipinski definition) is 2. The molecule has 0 N–H and O–H groups in total. The minimum Gasteiger partial charge on any atom is -0.466 e. The topological polar surface area (TPSA) is 26.3 Å². The SMILES string of the molecule is C=C(C)[C@@H]1CC=C(C(=O)OC)CC1. The van der Waals surface area contributed by atoms with Gasteiger partial charge >= 0.3 is 5.97 Å². The van der Waals surface area contributed by atoms with Gasteiger partial charge in [0, 0.05) is 5.57 Å². The monoisotopic (exact) mass is 180 g/mol. The Hall–Kier alpha value is -1.05. The Morgan fingerprint density at radius 2 is 2.38 bits per heavy atom. The molecule has 0 saturated carbocycles. The molecule has 2 nitrogen and oxygen atoms in total. The molecule has 0 radical (unpaired) electrons. The zero-order valence-electron chi connectivity index (χ0n) is 8.30. The first kappa shape index (κ1) is 10.0. The predicted molar refractivity (Wildman–Crippen MR) is 52.3 cm³/mol.